The Morgan fingerprint density at radius 3 is 2.08 bits per heavy atom. The van der Waals surface area contributed by atoms with Crippen molar-refractivity contribution >= 4 is 29.0 Å². The molecule has 1 aliphatic rings. The third-order valence-corrected chi connectivity index (χ3v) is 7.22. The van der Waals surface area contributed by atoms with Crippen LogP contribution in [0.4, 0.5) is 11.4 Å². The maximum absolute atomic E-state index is 13.3. The van der Waals surface area contributed by atoms with E-state index < -0.39 is 16.9 Å². The standard InChI is InChI=1S/C30H32N4O5/c31-19-21-6-10-24(11-7-21)29(36)33-27(18-20-8-16-26(17-9-20)34(38)39)30(37)32-25-14-12-23(13-15-25)28(35)22-4-2-1-3-5-22/h1-5,8-9,12-17,21,24,27H,6-7,10-11,18-19,31H2,(H,32,37)(H,33,36)/t21?,24?,27-/m0/s1. The summed E-state index contributed by atoms with van der Waals surface area (Å²) < 4.78 is 0. The molecular formula is C30H32N4O5. The quantitative estimate of drug-likeness (QED) is 0.204. The van der Waals surface area contributed by atoms with Crippen molar-refractivity contribution in [2.24, 2.45) is 17.6 Å². The number of rotatable bonds is 10. The topological polar surface area (TPSA) is 144 Å². The summed E-state index contributed by atoms with van der Waals surface area (Å²) in [6, 6.07) is 20.5. The van der Waals surface area contributed by atoms with Crippen LogP contribution in [0.3, 0.4) is 0 Å². The molecule has 3 aromatic rings. The lowest BCUT2D eigenvalue weighted by Crippen LogP contribution is -2.48. The summed E-state index contributed by atoms with van der Waals surface area (Å²) in [4.78, 5) is 49.6. The molecule has 4 N–H and O–H groups in total. The average Bonchev–Trinajstić information content (AvgIpc) is 2.97. The molecule has 9 nitrogen and oxygen atoms in total. The predicted octanol–water partition coefficient (Wildman–Crippen LogP) is 4.26. The van der Waals surface area contributed by atoms with Gasteiger partial charge < -0.3 is 16.4 Å². The molecule has 1 fully saturated rings. The van der Waals surface area contributed by atoms with Crippen molar-refractivity contribution in [3.8, 4) is 0 Å². The SMILES string of the molecule is NCC1CCC(C(=O)N[C@@H](Cc2ccc([N+](=O)[O-])cc2)C(=O)Nc2ccc(C(=O)c3ccccc3)cc2)CC1. The molecule has 0 radical (unpaired) electrons. The number of hydrogen-bond acceptors (Lipinski definition) is 6. The first-order valence-electron chi connectivity index (χ1n) is 13.1. The van der Waals surface area contributed by atoms with Gasteiger partial charge in [-0.1, -0.05) is 42.5 Å². The maximum atomic E-state index is 13.3. The highest BCUT2D eigenvalue weighted by Gasteiger charge is 2.29. The Kier molecular flexibility index (Phi) is 9.17. The number of carbonyl (C=O) groups is 3. The van der Waals surface area contributed by atoms with E-state index in [0.29, 0.717) is 34.8 Å². The first kappa shape index (κ1) is 27.7. The molecule has 39 heavy (non-hydrogen) atoms. The van der Waals surface area contributed by atoms with Gasteiger partial charge in [-0.2, -0.15) is 0 Å². The van der Waals surface area contributed by atoms with E-state index in [4.69, 9.17) is 5.73 Å². The number of carbonyl (C=O) groups excluding carboxylic acids is 3. The highest BCUT2D eigenvalue weighted by molar-refractivity contribution is 6.09. The summed E-state index contributed by atoms with van der Waals surface area (Å²) in [6.07, 6.45) is 3.36. The minimum absolute atomic E-state index is 0.0504. The molecule has 0 saturated heterocycles. The number of ketones is 1. The normalized spacial score (nSPS) is 17.6. The van der Waals surface area contributed by atoms with Crippen molar-refractivity contribution in [2.45, 2.75) is 38.1 Å². The maximum Gasteiger partial charge on any atom is 0.269 e. The van der Waals surface area contributed by atoms with Crippen LogP contribution in [0, 0.1) is 22.0 Å². The Morgan fingerprint density at radius 2 is 1.49 bits per heavy atom. The lowest BCUT2D eigenvalue weighted by atomic mass is 9.81. The van der Waals surface area contributed by atoms with Crippen LogP contribution < -0.4 is 16.4 Å². The Labute approximate surface area is 226 Å². The molecule has 202 valence electrons. The fraction of sp³-hybridized carbons (Fsp3) is 0.300. The number of benzene rings is 3. The molecule has 3 aromatic carbocycles. The summed E-state index contributed by atoms with van der Waals surface area (Å²) >= 11 is 0. The lowest BCUT2D eigenvalue weighted by molar-refractivity contribution is -0.384. The second-order valence-corrected chi connectivity index (χ2v) is 9.90. The zero-order valence-electron chi connectivity index (χ0n) is 21.5. The zero-order chi connectivity index (χ0) is 27.8. The number of nitrogens with zero attached hydrogens (tertiary/aromatic N) is 1. The van der Waals surface area contributed by atoms with Crippen molar-refractivity contribution in [1.82, 2.24) is 5.32 Å². The number of nitrogens with two attached hydrogens (primary N) is 1. The van der Waals surface area contributed by atoms with E-state index in [-0.39, 0.29) is 29.7 Å². The second-order valence-electron chi connectivity index (χ2n) is 9.90. The Morgan fingerprint density at radius 1 is 0.872 bits per heavy atom. The summed E-state index contributed by atoms with van der Waals surface area (Å²) in [7, 11) is 0. The van der Waals surface area contributed by atoms with Crippen LogP contribution in [0.1, 0.15) is 47.2 Å². The van der Waals surface area contributed by atoms with E-state index in [1.54, 1.807) is 60.7 Å². The van der Waals surface area contributed by atoms with Gasteiger partial charge in [0.25, 0.3) is 5.69 Å². The molecule has 1 saturated carbocycles. The Balaban J connectivity index is 1.46. The van der Waals surface area contributed by atoms with Crippen molar-refractivity contribution in [1.29, 1.82) is 0 Å². The number of amides is 2. The summed E-state index contributed by atoms with van der Waals surface area (Å²) in [5.41, 5.74) is 7.94. The summed E-state index contributed by atoms with van der Waals surface area (Å²) in [6.45, 7) is 0.606. The summed E-state index contributed by atoms with van der Waals surface area (Å²) in [5, 5.41) is 16.8. The van der Waals surface area contributed by atoms with Crippen molar-refractivity contribution in [2.75, 3.05) is 11.9 Å². The van der Waals surface area contributed by atoms with Gasteiger partial charge in [0, 0.05) is 41.3 Å². The van der Waals surface area contributed by atoms with E-state index in [1.165, 1.54) is 12.1 Å². The molecule has 1 atom stereocenters. The van der Waals surface area contributed by atoms with E-state index >= 15 is 0 Å². The molecule has 1 aliphatic carbocycles. The first-order chi connectivity index (χ1) is 18.8. The van der Waals surface area contributed by atoms with Gasteiger partial charge in [0.1, 0.15) is 6.04 Å². The molecule has 0 bridgehead atoms. The number of non-ortho nitro benzene ring substituents is 1. The number of nitro groups is 1. The van der Waals surface area contributed by atoms with Crippen LogP contribution in [0.15, 0.2) is 78.9 Å². The molecule has 2 amide bonds. The number of anilines is 1. The van der Waals surface area contributed by atoms with Crippen molar-refractivity contribution in [3.05, 3.63) is 106 Å². The van der Waals surface area contributed by atoms with E-state index in [0.717, 1.165) is 25.7 Å². The Bertz CT molecular complexity index is 1300. The van der Waals surface area contributed by atoms with Crippen LogP contribution in [-0.4, -0.2) is 35.1 Å². The summed E-state index contributed by atoms with van der Waals surface area (Å²) in [5.74, 6) is -0.495. The van der Waals surface area contributed by atoms with Crippen molar-refractivity contribution in [3.63, 3.8) is 0 Å². The first-order valence-corrected chi connectivity index (χ1v) is 13.1. The van der Waals surface area contributed by atoms with Gasteiger partial charge in [-0.3, -0.25) is 24.5 Å². The van der Waals surface area contributed by atoms with Gasteiger partial charge in [-0.05, 0) is 68.0 Å². The van der Waals surface area contributed by atoms with E-state index in [2.05, 4.69) is 10.6 Å². The van der Waals surface area contributed by atoms with Gasteiger partial charge in [0.2, 0.25) is 11.8 Å². The minimum Gasteiger partial charge on any atom is -0.344 e. The Hall–Kier alpha value is -4.37. The second kappa shape index (κ2) is 12.9. The number of nitrogens with one attached hydrogen (secondary N) is 2. The lowest BCUT2D eigenvalue weighted by Gasteiger charge is -2.28. The zero-order valence-corrected chi connectivity index (χ0v) is 21.5. The molecule has 4 rings (SSSR count). The highest BCUT2D eigenvalue weighted by Crippen LogP contribution is 2.28. The van der Waals surface area contributed by atoms with Crippen LogP contribution >= 0.6 is 0 Å². The minimum atomic E-state index is -0.892. The van der Waals surface area contributed by atoms with Crippen LogP contribution in [-0.2, 0) is 16.0 Å². The largest absolute Gasteiger partial charge is 0.344 e. The fourth-order valence-electron chi connectivity index (χ4n) is 4.84. The van der Waals surface area contributed by atoms with Crippen molar-refractivity contribution < 1.29 is 19.3 Å². The number of nitro benzene ring substituents is 1. The molecule has 9 heteroatoms. The molecular weight excluding hydrogens is 496 g/mol. The van der Waals surface area contributed by atoms with E-state index in [1.807, 2.05) is 6.07 Å². The molecule has 0 unspecified atom stereocenters. The van der Waals surface area contributed by atoms with Gasteiger partial charge in [0.05, 0.1) is 4.92 Å². The average molecular weight is 529 g/mol. The van der Waals surface area contributed by atoms with Gasteiger partial charge in [-0.25, -0.2) is 0 Å². The van der Waals surface area contributed by atoms with Crippen LogP contribution in [0.2, 0.25) is 0 Å². The van der Waals surface area contributed by atoms with Gasteiger partial charge >= 0.3 is 0 Å². The molecule has 0 aromatic heterocycles. The van der Waals surface area contributed by atoms with Crippen LogP contribution in [0.5, 0.6) is 0 Å². The van der Waals surface area contributed by atoms with E-state index in [9.17, 15) is 24.5 Å². The van der Waals surface area contributed by atoms with Gasteiger partial charge in [-0.15, -0.1) is 0 Å². The van der Waals surface area contributed by atoms with Crippen LogP contribution in [0.25, 0.3) is 0 Å². The molecule has 0 aliphatic heterocycles. The smallest absolute Gasteiger partial charge is 0.269 e. The number of hydrogen-bond donors (Lipinski definition) is 3. The third-order valence-electron chi connectivity index (χ3n) is 7.22. The highest BCUT2D eigenvalue weighted by atomic mass is 16.6. The third kappa shape index (κ3) is 7.36. The van der Waals surface area contributed by atoms with Gasteiger partial charge in [0.15, 0.2) is 5.78 Å². The fourth-order valence-corrected chi connectivity index (χ4v) is 4.84. The molecule has 0 spiro atoms. The monoisotopic (exact) mass is 528 g/mol. The molecule has 0 heterocycles. The predicted molar refractivity (Wildman–Crippen MR) is 148 cm³/mol.